The topological polar surface area (TPSA) is 94.3 Å². The van der Waals surface area contributed by atoms with Gasteiger partial charge in [0.2, 0.25) is 19.7 Å². The maximum Gasteiger partial charge on any atom is 0.210 e. The van der Waals surface area contributed by atoms with Crippen molar-refractivity contribution in [1.82, 2.24) is 0 Å². The van der Waals surface area contributed by atoms with Gasteiger partial charge in [0, 0.05) is 11.6 Å². The van der Waals surface area contributed by atoms with Crippen LogP contribution in [0.5, 0.6) is 0 Å². The molecule has 0 unspecified atom stereocenters. The molecule has 0 spiro atoms. The number of rotatable bonds is 5. The second-order valence-electron chi connectivity index (χ2n) is 5.88. The van der Waals surface area contributed by atoms with Crippen molar-refractivity contribution in [3.63, 3.8) is 0 Å². The normalized spacial score (nSPS) is 12.1. The van der Waals surface area contributed by atoms with Crippen LogP contribution in [0, 0.1) is 5.82 Å². The summed E-state index contributed by atoms with van der Waals surface area (Å²) in [6.07, 6.45) is 0. The third kappa shape index (κ3) is 3.68. The number of sulfone groups is 2. The van der Waals surface area contributed by atoms with Crippen LogP contribution in [-0.4, -0.2) is 16.8 Å². The zero-order valence-corrected chi connectivity index (χ0v) is 16.7. The first-order valence-corrected chi connectivity index (χ1v) is 11.4. The highest BCUT2D eigenvalue weighted by Gasteiger charge is 2.31. The fourth-order valence-electron chi connectivity index (χ4n) is 2.63. The second-order valence-corrected chi connectivity index (χ2v) is 10.1. The Morgan fingerprint density at radius 3 is 2.04 bits per heavy atom. The van der Waals surface area contributed by atoms with E-state index < -0.39 is 40.2 Å². The van der Waals surface area contributed by atoms with Crippen molar-refractivity contribution < 1.29 is 21.2 Å². The van der Waals surface area contributed by atoms with Crippen LogP contribution >= 0.6 is 11.6 Å². The van der Waals surface area contributed by atoms with Gasteiger partial charge in [-0.2, -0.15) is 0 Å². The van der Waals surface area contributed by atoms with Gasteiger partial charge in [0.25, 0.3) is 0 Å². The number of benzene rings is 3. The quantitative estimate of drug-likeness (QED) is 0.655. The lowest BCUT2D eigenvalue weighted by atomic mass is 10.2. The standard InChI is InChI=1S/C19H15ClFNO4S2/c20-14-7-10-18(27(23,24)15-8-5-13(12-22)6-9-15)19(11-14)28(25,26)17-4-2-1-3-16(17)21/h1-11H,12,22H2. The summed E-state index contributed by atoms with van der Waals surface area (Å²) in [6.45, 7) is 0.230. The first kappa shape index (κ1) is 20.5. The minimum atomic E-state index is -4.49. The molecule has 2 N–H and O–H groups in total. The van der Waals surface area contributed by atoms with E-state index in [4.69, 9.17) is 17.3 Å². The average Bonchev–Trinajstić information content (AvgIpc) is 2.68. The molecule has 0 aliphatic heterocycles. The zero-order chi connectivity index (χ0) is 20.5. The van der Waals surface area contributed by atoms with Gasteiger partial charge in [0.05, 0.1) is 14.7 Å². The summed E-state index contributed by atoms with van der Waals surface area (Å²) in [6, 6.07) is 13.9. The third-order valence-electron chi connectivity index (χ3n) is 4.08. The maximum atomic E-state index is 14.1. The molecule has 3 aromatic rings. The Bertz CT molecular complexity index is 1240. The van der Waals surface area contributed by atoms with Crippen LogP contribution in [-0.2, 0) is 26.2 Å². The third-order valence-corrected chi connectivity index (χ3v) is 8.10. The van der Waals surface area contributed by atoms with E-state index in [0.717, 1.165) is 24.3 Å². The predicted molar refractivity (Wildman–Crippen MR) is 103 cm³/mol. The predicted octanol–water partition coefficient (Wildman–Crippen LogP) is 3.60. The van der Waals surface area contributed by atoms with Crippen LogP contribution in [0.3, 0.4) is 0 Å². The Kier molecular flexibility index (Phi) is 5.58. The molecular weight excluding hydrogens is 425 g/mol. The van der Waals surface area contributed by atoms with Crippen molar-refractivity contribution in [1.29, 1.82) is 0 Å². The molecule has 146 valence electrons. The molecule has 0 amide bonds. The smallest absolute Gasteiger partial charge is 0.210 e. The van der Waals surface area contributed by atoms with Gasteiger partial charge in [-0.15, -0.1) is 0 Å². The fourth-order valence-corrected chi connectivity index (χ4v) is 6.28. The molecule has 0 saturated heterocycles. The zero-order valence-electron chi connectivity index (χ0n) is 14.3. The lowest BCUT2D eigenvalue weighted by Crippen LogP contribution is -2.12. The van der Waals surface area contributed by atoms with E-state index in [0.29, 0.717) is 5.56 Å². The minimum absolute atomic E-state index is 0.00680. The minimum Gasteiger partial charge on any atom is -0.326 e. The fraction of sp³-hybridized carbons (Fsp3) is 0.0526. The van der Waals surface area contributed by atoms with E-state index in [1.165, 1.54) is 42.5 Å². The number of halogens is 2. The molecule has 3 aromatic carbocycles. The van der Waals surface area contributed by atoms with Crippen LogP contribution in [0.15, 0.2) is 86.3 Å². The molecule has 0 saturated carbocycles. The van der Waals surface area contributed by atoms with Gasteiger partial charge < -0.3 is 5.73 Å². The van der Waals surface area contributed by atoms with Crippen molar-refractivity contribution in [3.8, 4) is 0 Å². The molecule has 0 atom stereocenters. The molecule has 28 heavy (non-hydrogen) atoms. The first-order valence-electron chi connectivity index (χ1n) is 8.01. The highest BCUT2D eigenvalue weighted by atomic mass is 35.5. The largest absolute Gasteiger partial charge is 0.326 e. The van der Waals surface area contributed by atoms with Crippen molar-refractivity contribution in [3.05, 3.63) is 83.1 Å². The average molecular weight is 440 g/mol. The molecule has 9 heteroatoms. The van der Waals surface area contributed by atoms with E-state index in [9.17, 15) is 21.2 Å². The Balaban J connectivity index is 2.25. The number of hydrogen-bond donors (Lipinski definition) is 1. The first-order chi connectivity index (χ1) is 13.2. The molecule has 0 aliphatic rings. The van der Waals surface area contributed by atoms with Crippen molar-refractivity contribution in [2.75, 3.05) is 0 Å². The number of hydrogen-bond acceptors (Lipinski definition) is 5. The van der Waals surface area contributed by atoms with Gasteiger partial charge in [-0.3, -0.25) is 0 Å². The van der Waals surface area contributed by atoms with Gasteiger partial charge in [-0.1, -0.05) is 35.9 Å². The lowest BCUT2D eigenvalue weighted by molar-refractivity contribution is 0.562. The van der Waals surface area contributed by atoms with Crippen LogP contribution in [0.25, 0.3) is 0 Å². The van der Waals surface area contributed by atoms with Crippen molar-refractivity contribution in [2.45, 2.75) is 26.1 Å². The summed E-state index contributed by atoms with van der Waals surface area (Å²) in [4.78, 5) is -1.82. The Morgan fingerprint density at radius 2 is 1.43 bits per heavy atom. The maximum absolute atomic E-state index is 14.1. The summed E-state index contributed by atoms with van der Waals surface area (Å²) < 4.78 is 66.4. The monoisotopic (exact) mass is 439 g/mol. The Labute approximate surface area is 167 Å². The molecule has 0 bridgehead atoms. The van der Waals surface area contributed by atoms with Crippen LogP contribution in [0.2, 0.25) is 5.02 Å². The van der Waals surface area contributed by atoms with Gasteiger partial charge in [-0.05, 0) is 48.0 Å². The van der Waals surface area contributed by atoms with E-state index in [2.05, 4.69) is 0 Å². The summed E-state index contributed by atoms with van der Waals surface area (Å²) in [7, 11) is -8.70. The van der Waals surface area contributed by atoms with Gasteiger partial charge in [-0.25, -0.2) is 21.2 Å². The molecular formula is C19H15ClFNO4S2. The summed E-state index contributed by atoms with van der Waals surface area (Å²) in [5, 5.41) is 0.00680. The molecule has 0 aliphatic carbocycles. The van der Waals surface area contributed by atoms with Crippen LogP contribution in [0.4, 0.5) is 4.39 Å². The van der Waals surface area contributed by atoms with Gasteiger partial charge in [0.15, 0.2) is 0 Å². The molecule has 5 nitrogen and oxygen atoms in total. The highest BCUT2D eigenvalue weighted by molar-refractivity contribution is 7.94. The Hall–Kier alpha value is -2.26. The van der Waals surface area contributed by atoms with Crippen molar-refractivity contribution >= 4 is 31.3 Å². The van der Waals surface area contributed by atoms with Crippen molar-refractivity contribution in [2.24, 2.45) is 5.73 Å². The summed E-state index contributed by atoms with van der Waals surface area (Å²) >= 11 is 5.92. The van der Waals surface area contributed by atoms with E-state index in [1.54, 1.807) is 0 Å². The highest BCUT2D eigenvalue weighted by Crippen LogP contribution is 2.34. The molecule has 0 aromatic heterocycles. The molecule has 3 rings (SSSR count). The van der Waals surface area contributed by atoms with Crippen LogP contribution in [0.1, 0.15) is 5.56 Å². The second kappa shape index (κ2) is 7.63. The Morgan fingerprint density at radius 1 is 0.786 bits per heavy atom. The lowest BCUT2D eigenvalue weighted by Gasteiger charge is -2.13. The molecule has 0 radical (unpaired) electrons. The summed E-state index contributed by atoms with van der Waals surface area (Å²) in [5.41, 5.74) is 6.23. The molecule has 0 fully saturated rings. The van der Waals surface area contributed by atoms with E-state index >= 15 is 0 Å². The van der Waals surface area contributed by atoms with Crippen LogP contribution < -0.4 is 5.73 Å². The van der Waals surface area contributed by atoms with E-state index in [1.807, 2.05) is 0 Å². The van der Waals surface area contributed by atoms with E-state index in [-0.39, 0.29) is 16.5 Å². The van der Waals surface area contributed by atoms with Gasteiger partial charge >= 0.3 is 0 Å². The molecule has 0 heterocycles. The number of nitrogens with two attached hydrogens (primary N) is 1. The summed E-state index contributed by atoms with van der Waals surface area (Å²) in [5.74, 6) is -0.988. The SMILES string of the molecule is NCc1ccc(S(=O)(=O)c2ccc(Cl)cc2S(=O)(=O)c2ccccc2F)cc1. The van der Waals surface area contributed by atoms with Gasteiger partial charge in [0.1, 0.15) is 10.7 Å².